The lowest BCUT2D eigenvalue weighted by Crippen LogP contribution is -2.47. The molecule has 2 heterocycles. The molecule has 1 aliphatic rings. The zero-order chi connectivity index (χ0) is 23.5. The molecule has 0 saturated heterocycles. The summed E-state index contributed by atoms with van der Waals surface area (Å²) in [5.41, 5.74) is 6.38. The highest BCUT2D eigenvalue weighted by Crippen LogP contribution is 2.38. The number of rotatable bonds is 7. The number of hydrogen-bond acceptors (Lipinski definition) is 6. The Balaban J connectivity index is 1.78. The van der Waals surface area contributed by atoms with Gasteiger partial charge in [0.25, 0.3) is 5.89 Å². The molecular weight excluding hydrogens is 452 g/mol. The van der Waals surface area contributed by atoms with E-state index in [1.165, 1.54) is 16.0 Å². The van der Waals surface area contributed by atoms with Crippen LogP contribution >= 0.6 is 24.0 Å². The lowest BCUT2D eigenvalue weighted by Gasteiger charge is -2.37. The lowest BCUT2D eigenvalue weighted by atomic mass is 9.92. The van der Waals surface area contributed by atoms with Gasteiger partial charge in [-0.05, 0) is 80.2 Å². The third kappa shape index (κ3) is 4.83. The minimum Gasteiger partial charge on any atom is -0.383 e. The van der Waals surface area contributed by atoms with E-state index in [2.05, 4.69) is 60.9 Å². The summed E-state index contributed by atoms with van der Waals surface area (Å²) in [6.07, 6.45) is 2.06. The van der Waals surface area contributed by atoms with E-state index < -0.39 is 0 Å². The molecule has 0 bridgehead atoms. The number of allylic oxidation sites excluding steroid dienone is 1. The summed E-state index contributed by atoms with van der Waals surface area (Å²) in [6.45, 7) is 7.46. The maximum atomic E-state index is 5.81. The number of methoxy groups -OCH3 is 1. The molecule has 0 radical (unpaired) electrons. The van der Waals surface area contributed by atoms with Crippen molar-refractivity contribution in [2.75, 3.05) is 26.5 Å². The van der Waals surface area contributed by atoms with Gasteiger partial charge in [0.15, 0.2) is 5.11 Å². The summed E-state index contributed by atoms with van der Waals surface area (Å²) in [5.74, 6) is 1.05. The monoisotopic (exact) mass is 480 g/mol. The summed E-state index contributed by atoms with van der Waals surface area (Å²) < 4.78 is 11.1. The third-order valence-electron chi connectivity index (χ3n) is 5.98. The van der Waals surface area contributed by atoms with Crippen LogP contribution in [0.15, 0.2) is 57.6 Å². The van der Waals surface area contributed by atoms with E-state index in [9.17, 15) is 0 Å². The Hall–Kier alpha value is -2.68. The van der Waals surface area contributed by atoms with E-state index in [0.717, 1.165) is 22.4 Å². The van der Waals surface area contributed by atoms with Gasteiger partial charge in [-0.1, -0.05) is 23.4 Å². The molecule has 6 nitrogen and oxygen atoms in total. The van der Waals surface area contributed by atoms with Gasteiger partial charge in [-0.15, -0.1) is 11.8 Å². The van der Waals surface area contributed by atoms with Gasteiger partial charge in [-0.25, -0.2) is 0 Å². The van der Waals surface area contributed by atoms with Gasteiger partial charge in [-0.3, -0.25) is 0 Å². The van der Waals surface area contributed by atoms with Crippen LogP contribution in [0.1, 0.15) is 35.5 Å². The number of thioether (sulfide) groups is 1. The SMILES string of the molecule is COCCN1C(=S)NC(c2ccc(C)c(C)c2)C(c2nc(-c3ccc(SC)cc3)no2)=C1C. The first-order valence-electron chi connectivity index (χ1n) is 10.8. The van der Waals surface area contributed by atoms with Gasteiger partial charge in [0.05, 0.1) is 18.2 Å². The predicted octanol–water partition coefficient (Wildman–Crippen LogP) is 5.38. The predicted molar refractivity (Wildman–Crippen MR) is 137 cm³/mol. The molecular formula is C25H28N4O2S2. The van der Waals surface area contributed by atoms with Crippen LogP contribution in [-0.4, -0.2) is 46.7 Å². The summed E-state index contributed by atoms with van der Waals surface area (Å²) in [4.78, 5) is 8.00. The van der Waals surface area contributed by atoms with Gasteiger partial charge >= 0.3 is 0 Å². The Morgan fingerprint density at radius 3 is 2.55 bits per heavy atom. The van der Waals surface area contributed by atoms with Crippen molar-refractivity contribution in [3.05, 3.63) is 70.7 Å². The van der Waals surface area contributed by atoms with Crippen LogP contribution in [0.25, 0.3) is 17.0 Å². The van der Waals surface area contributed by atoms with Crippen molar-refractivity contribution in [2.45, 2.75) is 31.7 Å². The van der Waals surface area contributed by atoms with Crippen molar-refractivity contribution in [1.82, 2.24) is 20.4 Å². The van der Waals surface area contributed by atoms with Crippen molar-refractivity contribution in [2.24, 2.45) is 0 Å². The Morgan fingerprint density at radius 1 is 1.12 bits per heavy atom. The van der Waals surface area contributed by atoms with Crippen molar-refractivity contribution in [1.29, 1.82) is 0 Å². The maximum Gasteiger partial charge on any atom is 0.258 e. The number of benzene rings is 2. The summed E-state index contributed by atoms with van der Waals surface area (Å²) in [7, 11) is 1.69. The quantitative estimate of drug-likeness (QED) is 0.357. The Bertz CT molecular complexity index is 1190. The molecule has 1 atom stereocenters. The molecule has 1 N–H and O–H groups in total. The highest BCUT2D eigenvalue weighted by atomic mass is 32.2. The van der Waals surface area contributed by atoms with E-state index in [-0.39, 0.29) is 6.04 Å². The largest absolute Gasteiger partial charge is 0.383 e. The fraction of sp³-hybridized carbons (Fsp3) is 0.320. The zero-order valence-electron chi connectivity index (χ0n) is 19.5. The average Bonchev–Trinajstić information content (AvgIpc) is 3.30. The molecule has 1 aliphatic heterocycles. The molecule has 2 aromatic carbocycles. The van der Waals surface area contributed by atoms with E-state index in [1.54, 1.807) is 18.9 Å². The highest BCUT2D eigenvalue weighted by molar-refractivity contribution is 7.98. The number of hydrogen-bond donors (Lipinski definition) is 1. The van der Waals surface area contributed by atoms with Crippen molar-refractivity contribution < 1.29 is 9.26 Å². The van der Waals surface area contributed by atoms with Crippen molar-refractivity contribution >= 4 is 34.7 Å². The number of nitrogens with one attached hydrogen (secondary N) is 1. The van der Waals surface area contributed by atoms with Crippen LogP contribution in [0, 0.1) is 13.8 Å². The number of aromatic nitrogens is 2. The van der Waals surface area contributed by atoms with Gasteiger partial charge < -0.3 is 19.5 Å². The number of nitrogens with zero attached hydrogens (tertiary/aromatic N) is 3. The second-order valence-electron chi connectivity index (χ2n) is 8.02. The average molecular weight is 481 g/mol. The Morgan fingerprint density at radius 2 is 1.88 bits per heavy atom. The first-order chi connectivity index (χ1) is 15.9. The third-order valence-corrected chi connectivity index (χ3v) is 7.07. The molecule has 8 heteroatoms. The molecule has 1 unspecified atom stereocenters. The van der Waals surface area contributed by atoms with Crippen molar-refractivity contribution in [3.63, 3.8) is 0 Å². The topological polar surface area (TPSA) is 63.4 Å². The van der Waals surface area contributed by atoms with Gasteiger partial charge in [0.1, 0.15) is 0 Å². The van der Waals surface area contributed by atoms with Crippen LogP contribution in [0.2, 0.25) is 0 Å². The van der Waals surface area contributed by atoms with Crippen molar-refractivity contribution in [3.8, 4) is 11.4 Å². The first kappa shape index (κ1) is 23.5. The summed E-state index contributed by atoms with van der Waals surface area (Å²) in [5, 5.41) is 8.44. The smallest absolute Gasteiger partial charge is 0.258 e. The minimum absolute atomic E-state index is 0.192. The molecule has 4 rings (SSSR count). The standard InChI is InChI=1S/C25H28N4O2S2/c1-15-6-7-19(14-16(15)2)22-21(17(3)29(12-13-30-4)25(32)26-22)24-27-23(28-31-24)18-8-10-20(33-5)11-9-18/h6-11,14,22H,12-13H2,1-5H3,(H,26,32). The van der Waals surface area contributed by atoms with Gasteiger partial charge in [-0.2, -0.15) is 4.98 Å². The van der Waals surface area contributed by atoms with Crippen LogP contribution in [0.5, 0.6) is 0 Å². The fourth-order valence-electron chi connectivity index (χ4n) is 3.89. The van der Waals surface area contributed by atoms with E-state index in [4.69, 9.17) is 26.5 Å². The molecule has 0 amide bonds. The number of aryl methyl sites for hydroxylation is 2. The van der Waals surface area contributed by atoms with Gasteiger partial charge in [0, 0.05) is 29.8 Å². The second kappa shape index (κ2) is 10.1. The zero-order valence-corrected chi connectivity index (χ0v) is 21.1. The van der Waals surface area contributed by atoms with E-state index in [1.807, 2.05) is 24.0 Å². The molecule has 33 heavy (non-hydrogen) atoms. The highest BCUT2D eigenvalue weighted by Gasteiger charge is 2.34. The van der Waals surface area contributed by atoms with Crippen LogP contribution in [-0.2, 0) is 4.74 Å². The van der Waals surface area contributed by atoms with E-state index >= 15 is 0 Å². The molecule has 1 aromatic heterocycles. The first-order valence-corrected chi connectivity index (χ1v) is 12.4. The van der Waals surface area contributed by atoms with Crippen LogP contribution in [0.4, 0.5) is 0 Å². The van der Waals surface area contributed by atoms with Crippen LogP contribution in [0.3, 0.4) is 0 Å². The maximum absolute atomic E-state index is 5.81. The molecule has 0 fully saturated rings. The molecule has 3 aromatic rings. The summed E-state index contributed by atoms with van der Waals surface area (Å²) in [6, 6.07) is 14.4. The van der Waals surface area contributed by atoms with Crippen LogP contribution < -0.4 is 5.32 Å². The normalized spacial score (nSPS) is 16.3. The Kier molecular flexibility index (Phi) is 7.17. The molecule has 172 valence electrons. The van der Waals surface area contributed by atoms with Gasteiger partial charge in [0.2, 0.25) is 5.82 Å². The molecule has 0 aliphatic carbocycles. The molecule has 0 spiro atoms. The minimum atomic E-state index is -0.192. The Labute approximate surface area is 204 Å². The lowest BCUT2D eigenvalue weighted by molar-refractivity contribution is 0.183. The number of thiocarbonyl (C=S) groups is 1. The number of ether oxygens (including phenoxy) is 1. The fourth-order valence-corrected chi connectivity index (χ4v) is 4.65. The second-order valence-corrected chi connectivity index (χ2v) is 9.29. The van der Waals surface area contributed by atoms with E-state index in [0.29, 0.717) is 30.0 Å². The summed E-state index contributed by atoms with van der Waals surface area (Å²) >= 11 is 7.42. The molecule has 0 saturated carbocycles.